The summed E-state index contributed by atoms with van der Waals surface area (Å²) in [5.74, 6) is 1.40. The molecule has 20 heavy (non-hydrogen) atoms. The van der Waals surface area contributed by atoms with E-state index in [9.17, 15) is 9.50 Å². The minimum atomic E-state index is -0.294. The Bertz CT molecular complexity index is 570. The fraction of sp³-hybridized carbons (Fsp3) is 0.429. The summed E-state index contributed by atoms with van der Waals surface area (Å²) in [6.45, 7) is 2.91. The fourth-order valence-electron chi connectivity index (χ4n) is 2.11. The molecule has 2 aromatic rings. The number of hydrogen-bond donors (Lipinski definition) is 1. The molecule has 108 valence electrons. The van der Waals surface area contributed by atoms with Crippen LogP contribution >= 0.6 is 0 Å². The fourth-order valence-corrected chi connectivity index (χ4v) is 2.11. The summed E-state index contributed by atoms with van der Waals surface area (Å²) in [7, 11) is 1.91. The molecule has 1 heterocycles. The van der Waals surface area contributed by atoms with E-state index in [1.807, 2.05) is 29.5 Å². The van der Waals surface area contributed by atoms with E-state index in [4.69, 9.17) is 0 Å². The number of aliphatic hydroxyl groups excluding tert-OH is 1. The third-order valence-corrected chi connectivity index (χ3v) is 3.25. The van der Waals surface area contributed by atoms with Gasteiger partial charge in [-0.05, 0) is 18.2 Å². The van der Waals surface area contributed by atoms with Crippen LogP contribution < -0.4 is 4.90 Å². The Morgan fingerprint density at radius 3 is 2.65 bits per heavy atom. The first-order valence-electron chi connectivity index (χ1n) is 6.64. The van der Waals surface area contributed by atoms with Crippen LogP contribution in [0.5, 0.6) is 0 Å². The summed E-state index contributed by atoms with van der Waals surface area (Å²) < 4.78 is 15.3. The van der Waals surface area contributed by atoms with Gasteiger partial charge in [-0.3, -0.25) is 0 Å². The smallest absolute Gasteiger partial charge is 0.152 e. The second-order valence-corrected chi connectivity index (χ2v) is 4.57. The number of nitrogens with zero attached hydrogens (tertiary/aromatic N) is 4. The van der Waals surface area contributed by atoms with E-state index >= 15 is 0 Å². The molecule has 0 aliphatic rings. The van der Waals surface area contributed by atoms with Gasteiger partial charge in [0.05, 0.1) is 13.2 Å². The molecule has 0 bridgehead atoms. The standard InChI is InChI=1S/C14H19FN4O/c1-3-13-16-17-14(18(13)2)10-19(7-8-20)12-6-4-5-11(15)9-12/h4-6,9,20H,3,7-8,10H2,1-2H3. The highest BCUT2D eigenvalue weighted by Gasteiger charge is 2.13. The first-order chi connectivity index (χ1) is 9.65. The molecule has 0 saturated carbocycles. The molecule has 2 rings (SSSR count). The van der Waals surface area contributed by atoms with E-state index in [2.05, 4.69) is 10.2 Å². The van der Waals surface area contributed by atoms with Gasteiger partial charge in [-0.1, -0.05) is 13.0 Å². The third-order valence-electron chi connectivity index (χ3n) is 3.25. The van der Waals surface area contributed by atoms with Gasteiger partial charge in [0.15, 0.2) is 5.82 Å². The van der Waals surface area contributed by atoms with Gasteiger partial charge in [0.2, 0.25) is 0 Å². The lowest BCUT2D eigenvalue weighted by Gasteiger charge is -2.23. The molecule has 1 aromatic heterocycles. The monoisotopic (exact) mass is 278 g/mol. The Morgan fingerprint density at radius 2 is 2.05 bits per heavy atom. The highest BCUT2D eigenvalue weighted by molar-refractivity contribution is 5.46. The van der Waals surface area contributed by atoms with Gasteiger partial charge >= 0.3 is 0 Å². The van der Waals surface area contributed by atoms with E-state index in [0.29, 0.717) is 13.1 Å². The lowest BCUT2D eigenvalue weighted by molar-refractivity contribution is 0.301. The van der Waals surface area contributed by atoms with Crippen LogP contribution in [-0.4, -0.2) is 33.0 Å². The largest absolute Gasteiger partial charge is 0.395 e. The van der Waals surface area contributed by atoms with Crippen molar-refractivity contribution in [2.24, 2.45) is 7.05 Å². The van der Waals surface area contributed by atoms with E-state index in [1.165, 1.54) is 12.1 Å². The summed E-state index contributed by atoms with van der Waals surface area (Å²) >= 11 is 0. The normalized spacial score (nSPS) is 10.8. The average Bonchev–Trinajstić information content (AvgIpc) is 2.79. The number of hydrogen-bond acceptors (Lipinski definition) is 4. The van der Waals surface area contributed by atoms with Crippen molar-refractivity contribution in [1.82, 2.24) is 14.8 Å². The Labute approximate surface area is 117 Å². The van der Waals surface area contributed by atoms with Gasteiger partial charge in [-0.2, -0.15) is 0 Å². The van der Waals surface area contributed by atoms with Crippen LogP contribution in [0.25, 0.3) is 0 Å². The maximum atomic E-state index is 13.3. The van der Waals surface area contributed by atoms with E-state index in [1.54, 1.807) is 6.07 Å². The van der Waals surface area contributed by atoms with E-state index < -0.39 is 0 Å². The number of anilines is 1. The number of aryl methyl sites for hydroxylation is 1. The lowest BCUT2D eigenvalue weighted by atomic mass is 10.2. The average molecular weight is 278 g/mol. The molecule has 0 aliphatic carbocycles. The molecule has 6 heteroatoms. The molecule has 5 nitrogen and oxygen atoms in total. The van der Waals surface area contributed by atoms with Gasteiger partial charge in [-0.15, -0.1) is 10.2 Å². The molecule has 0 aliphatic heterocycles. The Kier molecular flexibility index (Phi) is 4.68. The Balaban J connectivity index is 2.23. The zero-order chi connectivity index (χ0) is 14.5. The predicted molar refractivity (Wildman–Crippen MR) is 74.9 cm³/mol. The van der Waals surface area contributed by atoms with Gasteiger partial charge in [0.25, 0.3) is 0 Å². The maximum absolute atomic E-state index is 13.3. The Hall–Kier alpha value is -1.95. The third kappa shape index (κ3) is 3.14. The number of rotatable bonds is 6. The van der Waals surface area contributed by atoms with Crippen molar-refractivity contribution in [3.8, 4) is 0 Å². The molecule has 0 fully saturated rings. The van der Waals surface area contributed by atoms with Crippen molar-refractivity contribution in [3.05, 3.63) is 41.7 Å². The van der Waals surface area contributed by atoms with Crippen LogP contribution in [0.1, 0.15) is 18.6 Å². The summed E-state index contributed by atoms with van der Waals surface area (Å²) in [5, 5.41) is 17.4. The minimum absolute atomic E-state index is 0.00496. The highest BCUT2D eigenvalue weighted by Crippen LogP contribution is 2.17. The Morgan fingerprint density at radius 1 is 1.30 bits per heavy atom. The molecule has 1 N–H and O–H groups in total. The van der Waals surface area contributed by atoms with Crippen molar-refractivity contribution in [1.29, 1.82) is 0 Å². The van der Waals surface area contributed by atoms with Crippen molar-refractivity contribution < 1.29 is 9.50 Å². The van der Waals surface area contributed by atoms with Crippen LogP contribution in [0.2, 0.25) is 0 Å². The van der Waals surface area contributed by atoms with Gasteiger partial charge in [0, 0.05) is 25.7 Å². The number of halogens is 1. The summed E-state index contributed by atoms with van der Waals surface area (Å²) in [6.07, 6.45) is 0.809. The first-order valence-corrected chi connectivity index (χ1v) is 6.64. The summed E-state index contributed by atoms with van der Waals surface area (Å²) in [4.78, 5) is 1.88. The molecular formula is C14H19FN4O. The van der Waals surface area contributed by atoms with E-state index in [-0.39, 0.29) is 12.4 Å². The quantitative estimate of drug-likeness (QED) is 0.870. The van der Waals surface area contributed by atoms with Gasteiger partial charge in [-0.25, -0.2) is 4.39 Å². The molecule has 0 spiro atoms. The first kappa shape index (κ1) is 14.5. The second kappa shape index (κ2) is 6.47. The summed E-state index contributed by atoms with van der Waals surface area (Å²) in [6, 6.07) is 6.32. The lowest BCUT2D eigenvalue weighted by Crippen LogP contribution is -2.27. The second-order valence-electron chi connectivity index (χ2n) is 4.57. The van der Waals surface area contributed by atoms with Gasteiger partial charge in [0.1, 0.15) is 11.6 Å². The molecule has 0 amide bonds. The zero-order valence-corrected chi connectivity index (χ0v) is 11.8. The van der Waals surface area contributed by atoms with Crippen LogP contribution in [-0.2, 0) is 20.0 Å². The van der Waals surface area contributed by atoms with Crippen LogP contribution in [0.3, 0.4) is 0 Å². The maximum Gasteiger partial charge on any atom is 0.152 e. The van der Waals surface area contributed by atoms with Crippen molar-refractivity contribution >= 4 is 5.69 Å². The summed E-state index contributed by atoms with van der Waals surface area (Å²) in [5.41, 5.74) is 0.722. The van der Waals surface area contributed by atoms with Crippen LogP contribution in [0.15, 0.2) is 24.3 Å². The predicted octanol–water partition coefficient (Wildman–Crippen LogP) is 1.52. The molecule has 0 unspecified atom stereocenters. The molecular weight excluding hydrogens is 259 g/mol. The number of aromatic nitrogens is 3. The highest BCUT2D eigenvalue weighted by atomic mass is 19.1. The van der Waals surface area contributed by atoms with Crippen LogP contribution in [0.4, 0.5) is 10.1 Å². The number of benzene rings is 1. The van der Waals surface area contributed by atoms with Crippen molar-refractivity contribution in [2.75, 3.05) is 18.1 Å². The van der Waals surface area contributed by atoms with Crippen molar-refractivity contribution in [3.63, 3.8) is 0 Å². The topological polar surface area (TPSA) is 54.2 Å². The van der Waals surface area contributed by atoms with Crippen molar-refractivity contribution in [2.45, 2.75) is 19.9 Å². The van der Waals surface area contributed by atoms with Crippen LogP contribution in [0, 0.1) is 5.82 Å². The minimum Gasteiger partial charge on any atom is -0.395 e. The number of aliphatic hydroxyl groups is 1. The molecule has 0 atom stereocenters. The zero-order valence-electron chi connectivity index (χ0n) is 11.8. The molecule has 1 aromatic carbocycles. The molecule has 0 radical (unpaired) electrons. The van der Waals surface area contributed by atoms with Gasteiger partial charge < -0.3 is 14.6 Å². The SMILES string of the molecule is CCc1nnc(CN(CCO)c2cccc(F)c2)n1C. The van der Waals surface area contributed by atoms with E-state index in [0.717, 1.165) is 23.8 Å². The molecule has 0 saturated heterocycles.